The van der Waals surface area contributed by atoms with Crippen molar-refractivity contribution >= 4 is 47.8 Å². The molecule has 0 aliphatic carbocycles. The number of aromatic nitrogens is 1. The van der Waals surface area contributed by atoms with E-state index >= 15 is 0 Å². The summed E-state index contributed by atoms with van der Waals surface area (Å²) in [5, 5.41) is 2.68. The fourth-order valence-corrected chi connectivity index (χ4v) is 2.08. The molecule has 18 heavy (non-hydrogen) atoms. The molecular weight excluding hydrogens is 478 g/mol. The van der Waals surface area contributed by atoms with Gasteiger partial charge in [-0.25, -0.2) is 9.98 Å². The molecule has 0 N–H and O–H groups in total. The Morgan fingerprint density at radius 2 is 1.94 bits per heavy atom. The van der Waals surface area contributed by atoms with E-state index < -0.39 is 15.2 Å². The summed E-state index contributed by atoms with van der Waals surface area (Å²) in [4.78, 5) is 8.41. The molecule has 2 aromatic heterocycles. The second kappa shape index (κ2) is 9.17. The first-order valence-corrected chi connectivity index (χ1v) is 17.9. The van der Waals surface area contributed by atoms with Crippen molar-refractivity contribution in [3.63, 3.8) is 0 Å². The van der Waals surface area contributed by atoms with Crippen LogP contribution in [0, 0.1) is 6.92 Å². The Morgan fingerprint density at radius 3 is 2.44 bits per heavy atom. The van der Waals surface area contributed by atoms with E-state index in [1.165, 1.54) is 10.6 Å². The molecule has 0 aromatic carbocycles. The zero-order chi connectivity index (χ0) is 13.4. The van der Waals surface area contributed by atoms with Crippen LogP contribution < -0.4 is 0 Å². The van der Waals surface area contributed by atoms with E-state index in [1.807, 2.05) is 24.4 Å². The number of aryl methyl sites for hydroxylation is 1. The van der Waals surface area contributed by atoms with Gasteiger partial charge < -0.3 is 0 Å². The topological polar surface area (TPSA) is 25.2 Å². The van der Waals surface area contributed by atoms with Crippen molar-refractivity contribution in [3.8, 4) is 0 Å². The van der Waals surface area contributed by atoms with E-state index in [0.717, 1.165) is 14.0 Å². The summed E-state index contributed by atoms with van der Waals surface area (Å²) in [6, 6.07) is 9.98. The molecule has 0 fully saturated rings. The number of hydrogen-bond acceptors (Lipinski definition) is 2. The quantitative estimate of drug-likeness (QED) is 0.530. The summed E-state index contributed by atoms with van der Waals surface area (Å²) in [7, 11) is 15.8. The third-order valence-corrected chi connectivity index (χ3v) is 2.99. The molecule has 1 unspecified atom stereocenters. The second-order valence-electron chi connectivity index (χ2n) is 3.23. The maximum atomic E-state index is 5.01. The normalized spacial score (nSPS) is 10.9. The Morgan fingerprint density at radius 1 is 1.22 bits per heavy atom. The SMILES string of the molecule is Cc1ccc(/C=N/c2ccccn2)[pH]1.[Cl][Ta]([Cl])[Cl]. The molecule has 2 aromatic rings. The second-order valence-corrected chi connectivity index (χ2v) is 18.8. The molecule has 2 rings (SSSR count). The average molecular weight is 490 g/mol. The predicted molar refractivity (Wildman–Crippen MR) is 79.7 cm³/mol. The molecule has 0 saturated heterocycles. The van der Waals surface area contributed by atoms with Crippen LogP contribution in [0.2, 0.25) is 0 Å². The van der Waals surface area contributed by atoms with Crippen LogP contribution in [0.4, 0.5) is 5.82 Å². The molecule has 7 heteroatoms. The van der Waals surface area contributed by atoms with Crippen LogP contribution in [0.1, 0.15) is 10.6 Å². The van der Waals surface area contributed by atoms with Crippen molar-refractivity contribution < 1.29 is 15.2 Å². The van der Waals surface area contributed by atoms with Crippen molar-refractivity contribution in [2.24, 2.45) is 4.99 Å². The van der Waals surface area contributed by atoms with Gasteiger partial charge in [0.1, 0.15) is 0 Å². The van der Waals surface area contributed by atoms with Crippen molar-refractivity contribution in [2.75, 3.05) is 0 Å². The van der Waals surface area contributed by atoms with Gasteiger partial charge in [0, 0.05) is 17.7 Å². The molecule has 0 radical (unpaired) electrons. The molecular formula is C11H11Cl3N2PTa. The van der Waals surface area contributed by atoms with Gasteiger partial charge >= 0.3 is 42.8 Å². The summed E-state index contributed by atoms with van der Waals surface area (Å²) in [6.45, 7) is 2.14. The molecule has 2 heterocycles. The van der Waals surface area contributed by atoms with Crippen LogP contribution >= 0.6 is 35.8 Å². The first-order chi connectivity index (χ1) is 8.58. The van der Waals surface area contributed by atoms with Crippen LogP contribution in [0.25, 0.3) is 0 Å². The zero-order valence-corrected chi connectivity index (χ0v) is 16.0. The van der Waals surface area contributed by atoms with E-state index in [4.69, 9.17) is 27.6 Å². The fourth-order valence-electron chi connectivity index (χ4n) is 1.17. The summed E-state index contributed by atoms with van der Waals surface area (Å²) in [5.41, 5.74) is 0. The monoisotopic (exact) mass is 488 g/mol. The van der Waals surface area contributed by atoms with E-state index in [0.29, 0.717) is 0 Å². The fraction of sp³-hybridized carbons (Fsp3) is 0.0909. The maximum absolute atomic E-state index is 5.01. The standard InChI is InChI=1S/C11H11N2P.3ClH.Ta/c1-9-5-6-10(14-9)8-13-11-4-2-3-7-12-11;;;;/h2-8,14H,1H3;3*1H;/q;;;;+3/p-3/b13-8+;;;;. The Bertz CT molecular complexity index is 485. The third-order valence-electron chi connectivity index (χ3n) is 1.84. The van der Waals surface area contributed by atoms with E-state index in [9.17, 15) is 0 Å². The molecule has 0 amide bonds. The van der Waals surface area contributed by atoms with E-state index in [-0.39, 0.29) is 0 Å². The minimum atomic E-state index is -2.18. The summed E-state index contributed by atoms with van der Waals surface area (Å²) in [5.74, 6) is 0.766. The van der Waals surface area contributed by atoms with Crippen LogP contribution in [0.5, 0.6) is 0 Å². The molecule has 0 aliphatic rings. The predicted octanol–water partition coefficient (Wildman–Crippen LogP) is 5.24. The Hall–Kier alpha value is 0.210. The van der Waals surface area contributed by atoms with Gasteiger partial charge in [0.25, 0.3) is 0 Å². The number of hydrogen-bond donors (Lipinski definition) is 0. The number of rotatable bonds is 2. The minimum absolute atomic E-state index is 0.766. The molecule has 0 saturated carbocycles. The molecule has 2 nitrogen and oxygen atoms in total. The van der Waals surface area contributed by atoms with Crippen LogP contribution in [-0.2, 0) is 15.2 Å². The van der Waals surface area contributed by atoms with Crippen molar-refractivity contribution in [1.29, 1.82) is 0 Å². The first-order valence-electron chi connectivity index (χ1n) is 4.96. The first kappa shape index (κ1) is 16.3. The van der Waals surface area contributed by atoms with Gasteiger partial charge in [-0.05, 0) is 30.4 Å². The van der Waals surface area contributed by atoms with Crippen molar-refractivity contribution in [3.05, 3.63) is 47.1 Å². The summed E-state index contributed by atoms with van der Waals surface area (Å²) < 4.78 is 0. The molecule has 0 bridgehead atoms. The van der Waals surface area contributed by atoms with Crippen LogP contribution in [-0.4, -0.2) is 11.2 Å². The van der Waals surface area contributed by atoms with Crippen LogP contribution in [0.3, 0.4) is 0 Å². The molecule has 0 spiro atoms. The summed E-state index contributed by atoms with van der Waals surface area (Å²) >= 11 is -2.18. The van der Waals surface area contributed by atoms with Gasteiger partial charge in [0.05, 0.1) is 0 Å². The van der Waals surface area contributed by atoms with Crippen LogP contribution in [0.15, 0.2) is 41.5 Å². The number of halogens is 3. The Labute approximate surface area is 126 Å². The molecule has 1 atom stereocenters. The van der Waals surface area contributed by atoms with Gasteiger partial charge in [0.2, 0.25) is 0 Å². The number of aliphatic imine (C=N–C) groups is 1. The van der Waals surface area contributed by atoms with E-state index in [2.05, 4.69) is 29.0 Å². The van der Waals surface area contributed by atoms with Gasteiger partial charge in [-0.1, -0.05) is 12.1 Å². The van der Waals surface area contributed by atoms with Gasteiger partial charge in [0.15, 0.2) is 5.82 Å². The van der Waals surface area contributed by atoms with Crippen molar-refractivity contribution in [1.82, 2.24) is 4.98 Å². The van der Waals surface area contributed by atoms with E-state index in [1.54, 1.807) is 6.20 Å². The van der Waals surface area contributed by atoms with Gasteiger partial charge in [-0.2, -0.15) is 0 Å². The number of nitrogens with zero attached hydrogens (tertiary/aromatic N) is 2. The Kier molecular flexibility index (Phi) is 8.28. The van der Waals surface area contributed by atoms with Gasteiger partial charge in [-0.15, -0.1) is 8.19 Å². The third kappa shape index (κ3) is 7.60. The Balaban J connectivity index is 0.000000357. The van der Waals surface area contributed by atoms with Gasteiger partial charge in [-0.3, -0.25) is 0 Å². The van der Waals surface area contributed by atoms with Crippen molar-refractivity contribution in [2.45, 2.75) is 6.92 Å². The molecule has 0 aliphatic heterocycles. The summed E-state index contributed by atoms with van der Waals surface area (Å²) in [6.07, 6.45) is 3.65. The zero-order valence-electron chi connectivity index (χ0n) is 9.52. The molecule has 96 valence electrons. The number of pyridine rings is 1. The average Bonchev–Trinajstić information content (AvgIpc) is 2.73.